The second-order valence-electron chi connectivity index (χ2n) is 9.58. The zero-order valence-electron chi connectivity index (χ0n) is 19.9. The van der Waals surface area contributed by atoms with E-state index in [1.54, 1.807) is 11.8 Å². The van der Waals surface area contributed by atoms with Crippen LogP contribution >= 0.6 is 11.8 Å². The number of nitrogens with zero attached hydrogens (tertiary/aromatic N) is 1. The van der Waals surface area contributed by atoms with E-state index in [9.17, 15) is 9.59 Å². The molecule has 1 aliphatic heterocycles. The van der Waals surface area contributed by atoms with Crippen molar-refractivity contribution in [2.24, 2.45) is 5.41 Å². The Morgan fingerprint density at radius 2 is 1.88 bits per heavy atom. The van der Waals surface area contributed by atoms with Gasteiger partial charge in [-0.1, -0.05) is 57.5 Å². The van der Waals surface area contributed by atoms with E-state index >= 15 is 0 Å². The summed E-state index contributed by atoms with van der Waals surface area (Å²) in [5, 5.41) is 4.01. The minimum absolute atomic E-state index is 0.0932. The number of Topliss-reactive ketones (excluding diaryl/α,β-unsaturated/α-hetero) is 1. The summed E-state index contributed by atoms with van der Waals surface area (Å²) < 4.78 is 5.59. The van der Waals surface area contributed by atoms with Crippen LogP contribution in [0.15, 0.2) is 45.5 Å². The first-order valence-corrected chi connectivity index (χ1v) is 12.8. The van der Waals surface area contributed by atoms with Crippen LogP contribution in [0.1, 0.15) is 76.8 Å². The predicted octanol–water partition coefficient (Wildman–Crippen LogP) is 5.65. The lowest BCUT2D eigenvalue weighted by atomic mass is 9.69. The average Bonchev–Trinajstić information content (AvgIpc) is 2.75. The molecule has 0 amide bonds. The Labute approximate surface area is 199 Å². The van der Waals surface area contributed by atoms with Gasteiger partial charge in [-0.15, -0.1) is 0 Å². The highest BCUT2D eigenvalue weighted by Gasteiger charge is 2.42. The molecule has 0 bridgehead atoms. The van der Waals surface area contributed by atoms with E-state index in [-0.39, 0.29) is 16.8 Å². The van der Waals surface area contributed by atoms with Gasteiger partial charge >= 0.3 is 0 Å². The van der Waals surface area contributed by atoms with Crippen molar-refractivity contribution in [1.29, 1.82) is 0 Å². The first kappa shape index (κ1) is 23.6. The molecule has 1 aliphatic carbocycles. The first-order valence-electron chi connectivity index (χ1n) is 11.9. The fraction of sp³-hybridized carbons (Fsp3) is 0.500. The van der Waals surface area contributed by atoms with Gasteiger partial charge in [0.2, 0.25) is 0 Å². The summed E-state index contributed by atoms with van der Waals surface area (Å²) in [6.45, 7) is 8.92. The van der Waals surface area contributed by atoms with E-state index < -0.39 is 5.92 Å². The van der Waals surface area contributed by atoms with Crippen LogP contribution in [-0.4, -0.2) is 28.1 Å². The Morgan fingerprint density at radius 3 is 2.58 bits per heavy atom. The number of fused-ring (bicyclic) bond motifs is 1. The number of H-pyrrole nitrogens is 1. The first-order chi connectivity index (χ1) is 15.8. The van der Waals surface area contributed by atoms with Crippen LogP contribution in [0.2, 0.25) is 0 Å². The highest BCUT2D eigenvalue weighted by Crippen LogP contribution is 2.47. The summed E-state index contributed by atoms with van der Waals surface area (Å²) in [4.78, 5) is 34.4. The number of anilines is 1. The summed E-state index contributed by atoms with van der Waals surface area (Å²) in [5.41, 5.74) is 2.68. The molecule has 176 valence electrons. The average molecular weight is 468 g/mol. The highest BCUT2D eigenvalue weighted by molar-refractivity contribution is 7.99. The van der Waals surface area contributed by atoms with E-state index in [1.165, 1.54) is 0 Å². The fourth-order valence-electron chi connectivity index (χ4n) is 4.74. The zero-order valence-corrected chi connectivity index (χ0v) is 20.7. The number of carbonyl (C=O) groups is 1. The van der Waals surface area contributed by atoms with Gasteiger partial charge in [0, 0.05) is 29.4 Å². The van der Waals surface area contributed by atoms with Crippen LogP contribution in [0.4, 0.5) is 5.82 Å². The van der Waals surface area contributed by atoms with Crippen LogP contribution in [0.25, 0.3) is 0 Å². The third kappa shape index (κ3) is 5.03. The molecule has 7 heteroatoms. The van der Waals surface area contributed by atoms with Gasteiger partial charge in [0.15, 0.2) is 10.9 Å². The molecule has 1 aromatic carbocycles. The van der Waals surface area contributed by atoms with Crippen molar-refractivity contribution in [1.82, 2.24) is 9.97 Å². The number of nitrogens with one attached hydrogen (secondary N) is 2. The normalized spacial score (nSPS) is 19.0. The topological polar surface area (TPSA) is 84.1 Å². The Kier molecular flexibility index (Phi) is 6.98. The predicted molar refractivity (Wildman–Crippen MR) is 133 cm³/mol. The molecule has 0 spiro atoms. The standard InChI is InChI=1S/C26H33N3O3S/c1-5-7-8-13-33-25-28-23-22(24(31)29-25)20(16-9-11-17(12-10-16)32-6-2)21-18(27-23)14-26(3,4)15-19(21)30/h9-12,20H,5-8,13-15H2,1-4H3,(H2,27,28,29,31). The quantitative estimate of drug-likeness (QED) is 0.296. The lowest BCUT2D eigenvalue weighted by Crippen LogP contribution is -2.37. The summed E-state index contributed by atoms with van der Waals surface area (Å²) in [6, 6.07) is 7.71. The van der Waals surface area contributed by atoms with Crippen molar-refractivity contribution in [2.75, 3.05) is 17.7 Å². The smallest absolute Gasteiger partial charge is 0.257 e. The number of aromatic nitrogens is 2. The maximum Gasteiger partial charge on any atom is 0.257 e. The van der Waals surface area contributed by atoms with Gasteiger partial charge in [0.05, 0.1) is 12.2 Å². The molecule has 0 fully saturated rings. The van der Waals surface area contributed by atoms with Gasteiger partial charge in [0.1, 0.15) is 11.6 Å². The molecule has 2 heterocycles. The molecule has 1 aromatic heterocycles. The molecular formula is C26H33N3O3S. The monoisotopic (exact) mass is 467 g/mol. The van der Waals surface area contributed by atoms with Gasteiger partial charge in [-0.3, -0.25) is 9.59 Å². The van der Waals surface area contributed by atoms with Crippen molar-refractivity contribution in [3.8, 4) is 5.75 Å². The van der Waals surface area contributed by atoms with E-state index in [2.05, 4.69) is 31.1 Å². The van der Waals surface area contributed by atoms with Gasteiger partial charge in [0.25, 0.3) is 5.56 Å². The van der Waals surface area contributed by atoms with E-state index in [0.717, 1.165) is 48.4 Å². The fourth-order valence-corrected chi connectivity index (χ4v) is 5.60. The maximum atomic E-state index is 13.3. The molecular weight excluding hydrogens is 434 g/mol. The van der Waals surface area contributed by atoms with Gasteiger partial charge in [-0.05, 0) is 42.9 Å². The number of carbonyl (C=O) groups excluding carboxylic acids is 1. The molecule has 0 radical (unpaired) electrons. The minimum atomic E-state index is -0.439. The van der Waals surface area contributed by atoms with Crippen LogP contribution < -0.4 is 15.6 Å². The number of allylic oxidation sites excluding steroid dienone is 2. The second-order valence-corrected chi connectivity index (χ2v) is 10.7. The second kappa shape index (κ2) is 9.75. The molecule has 6 nitrogen and oxygen atoms in total. The van der Waals surface area contributed by atoms with Crippen LogP contribution in [0.3, 0.4) is 0 Å². The molecule has 1 atom stereocenters. The number of hydrogen-bond acceptors (Lipinski definition) is 6. The van der Waals surface area contributed by atoms with E-state index in [1.807, 2.05) is 31.2 Å². The minimum Gasteiger partial charge on any atom is -0.494 e. The lowest BCUT2D eigenvalue weighted by Gasteiger charge is -2.38. The summed E-state index contributed by atoms with van der Waals surface area (Å²) in [5.74, 6) is 1.91. The van der Waals surface area contributed by atoms with Gasteiger partial charge in [-0.25, -0.2) is 4.98 Å². The number of ether oxygens (including phenoxy) is 1. The molecule has 2 N–H and O–H groups in total. The van der Waals surface area contributed by atoms with Crippen molar-refractivity contribution < 1.29 is 9.53 Å². The number of rotatable bonds is 8. The Hall–Kier alpha value is -2.54. The maximum absolute atomic E-state index is 13.3. The zero-order chi connectivity index (χ0) is 23.6. The molecule has 0 saturated heterocycles. The number of hydrogen-bond donors (Lipinski definition) is 2. The molecule has 2 aliphatic rings. The summed E-state index contributed by atoms with van der Waals surface area (Å²) in [6.07, 6.45) is 4.61. The highest BCUT2D eigenvalue weighted by atomic mass is 32.2. The van der Waals surface area contributed by atoms with Gasteiger partial charge < -0.3 is 15.0 Å². The van der Waals surface area contributed by atoms with Crippen molar-refractivity contribution in [3.63, 3.8) is 0 Å². The van der Waals surface area contributed by atoms with Crippen molar-refractivity contribution in [3.05, 3.63) is 57.0 Å². The van der Waals surface area contributed by atoms with E-state index in [4.69, 9.17) is 9.72 Å². The molecule has 4 rings (SSSR count). The molecule has 0 saturated carbocycles. The van der Waals surface area contributed by atoms with Crippen molar-refractivity contribution >= 4 is 23.4 Å². The number of thioether (sulfide) groups is 1. The summed E-state index contributed by atoms with van der Waals surface area (Å²) >= 11 is 1.58. The summed E-state index contributed by atoms with van der Waals surface area (Å²) in [7, 11) is 0. The van der Waals surface area contributed by atoms with Crippen LogP contribution in [0, 0.1) is 5.41 Å². The van der Waals surface area contributed by atoms with Gasteiger partial charge in [-0.2, -0.15) is 0 Å². The Morgan fingerprint density at radius 1 is 1.12 bits per heavy atom. The third-order valence-electron chi connectivity index (χ3n) is 6.21. The lowest BCUT2D eigenvalue weighted by molar-refractivity contribution is -0.118. The largest absolute Gasteiger partial charge is 0.494 e. The van der Waals surface area contributed by atoms with Crippen LogP contribution in [0.5, 0.6) is 5.75 Å². The third-order valence-corrected chi connectivity index (χ3v) is 7.17. The Balaban J connectivity index is 1.78. The number of benzene rings is 1. The number of aromatic amines is 1. The number of unbranched alkanes of at least 4 members (excludes halogenated alkanes) is 2. The number of ketones is 1. The molecule has 2 aromatic rings. The Bertz CT molecular complexity index is 1120. The molecule has 33 heavy (non-hydrogen) atoms. The van der Waals surface area contributed by atoms with Crippen molar-refractivity contribution in [2.45, 2.75) is 70.9 Å². The van der Waals surface area contributed by atoms with E-state index in [0.29, 0.717) is 35.1 Å². The van der Waals surface area contributed by atoms with Crippen LogP contribution in [-0.2, 0) is 4.79 Å². The molecule has 1 unspecified atom stereocenters. The SMILES string of the molecule is CCCCCSc1nc2c(c(=O)[nH]1)C(c1ccc(OCC)cc1)C1=C(CC(C)(C)CC1=O)N2.